The second kappa shape index (κ2) is 56.8. The van der Waals surface area contributed by atoms with Crippen LogP contribution < -0.4 is 23.7 Å². The van der Waals surface area contributed by atoms with Gasteiger partial charge in [0.25, 0.3) is 0 Å². The number of terminal acetylenes is 2. The van der Waals surface area contributed by atoms with Crippen LogP contribution in [0.5, 0.6) is 57.5 Å². The Morgan fingerprint density at radius 3 is 1.00 bits per heavy atom. The zero-order valence-corrected chi connectivity index (χ0v) is 88.1. The van der Waals surface area contributed by atoms with E-state index in [1.165, 1.54) is 65.5 Å². The molecule has 6 aliphatic rings. The molecule has 5 N–H and O–H groups in total. The van der Waals surface area contributed by atoms with E-state index in [4.69, 9.17) is 59.4 Å². The maximum absolute atomic E-state index is 10.7. The Labute approximate surface area is 849 Å². The van der Waals surface area contributed by atoms with Gasteiger partial charge in [0.1, 0.15) is 85.5 Å². The Balaban J connectivity index is 0.000000250. The van der Waals surface area contributed by atoms with E-state index in [-0.39, 0.29) is 33.9 Å². The van der Waals surface area contributed by atoms with Crippen molar-refractivity contribution in [3.8, 4) is 198 Å². The summed E-state index contributed by atoms with van der Waals surface area (Å²) in [6, 6.07) is 45.3. The van der Waals surface area contributed by atoms with E-state index >= 15 is 0 Å². The van der Waals surface area contributed by atoms with Crippen LogP contribution in [-0.2, 0) is 54.5 Å². The van der Waals surface area contributed by atoms with Gasteiger partial charge in [-0.15, -0.1) is 0 Å². The molecule has 0 unspecified atom stereocenters. The quantitative estimate of drug-likeness (QED) is 0.0239. The Kier molecular flexibility index (Phi) is 46.9. The van der Waals surface area contributed by atoms with Crippen LogP contribution in [0.1, 0.15) is 293 Å². The van der Waals surface area contributed by atoms with Crippen LogP contribution in [0.3, 0.4) is 0 Å². The summed E-state index contributed by atoms with van der Waals surface area (Å²) < 4.78 is 31.2. The van der Waals surface area contributed by atoms with Crippen molar-refractivity contribution in [3.05, 3.63) is 223 Å². The van der Waals surface area contributed by atoms with E-state index in [0.29, 0.717) is 60.8 Å². The number of nitrogens with zero attached hydrogens (tertiary/aromatic N) is 4. The van der Waals surface area contributed by atoms with Crippen molar-refractivity contribution in [2.45, 2.75) is 303 Å². The monoisotopic (exact) mass is 1880 g/mol. The second-order valence-electron chi connectivity index (χ2n) is 38.0. The van der Waals surface area contributed by atoms with Gasteiger partial charge in [-0.2, -0.15) is 0 Å². The molecule has 0 saturated carbocycles. The first-order valence-electron chi connectivity index (χ1n) is 49.0. The average Bonchev–Trinajstić information content (AvgIpc) is 0.765. The van der Waals surface area contributed by atoms with E-state index < -0.39 is 0 Å². The fraction of sp³-hybridized carbons (Fsp3) is 0.415. The predicted octanol–water partition coefficient (Wildman–Crippen LogP) is 28.0. The van der Waals surface area contributed by atoms with Gasteiger partial charge in [-0.05, 0) is 304 Å². The average molecular weight is 1880 g/mol. The first kappa shape index (κ1) is 116. The second-order valence-corrected chi connectivity index (χ2v) is 38.0. The predicted molar refractivity (Wildman–Crippen MR) is 587 cm³/mol. The number of fused-ring (bicyclic) bond motifs is 15. The molecule has 9 aromatic carbocycles. The minimum absolute atomic E-state index is 0.177. The van der Waals surface area contributed by atoms with Gasteiger partial charge in [0.2, 0.25) is 0 Å². The Hall–Kier alpha value is -13.3. The maximum atomic E-state index is 10.7. The van der Waals surface area contributed by atoms with Crippen LogP contribution in [0.25, 0.3) is 44.5 Å². The normalized spacial score (nSPS) is 14.3. The molecule has 0 aromatic heterocycles. The van der Waals surface area contributed by atoms with Crippen molar-refractivity contribution in [1.29, 1.82) is 0 Å². The molecule has 5 aliphatic heterocycles. The zero-order chi connectivity index (χ0) is 104. The fourth-order valence-electron chi connectivity index (χ4n) is 17.7. The summed E-state index contributed by atoms with van der Waals surface area (Å²) in [5, 5.41) is 52.8. The molecule has 2 atom stereocenters. The summed E-state index contributed by atoms with van der Waals surface area (Å²) in [5.74, 6) is 41.8. The molecule has 0 spiro atoms. The third kappa shape index (κ3) is 33.4. The van der Waals surface area contributed by atoms with Gasteiger partial charge in [-0.3, -0.25) is 0 Å². The van der Waals surface area contributed by atoms with Crippen molar-refractivity contribution in [1.82, 2.24) is 0 Å². The molecule has 0 bridgehead atoms. The van der Waals surface area contributed by atoms with E-state index in [2.05, 4.69) is 352 Å². The number of hydrogen-bond acceptors (Lipinski definition) is 14. The summed E-state index contributed by atoms with van der Waals surface area (Å²) in [5.41, 5.74) is 23.4. The first-order chi connectivity index (χ1) is 67.2. The van der Waals surface area contributed by atoms with Gasteiger partial charge >= 0.3 is 162 Å². The molecule has 18 heteroatoms. The van der Waals surface area contributed by atoms with Crippen molar-refractivity contribution >= 4 is 30.6 Å². The standard InChI is InChI=1S/C21H30O2.C21H26O2.C20H24O2.C19H22O2.C18H20O2.C6H5BN.C6H6.C5H3BN.C4H5BN.C3H3BN/c2*1-5-6-7-8-15-12-18(22)20-16-11-14(2)9-10-17(16)21(3,4)23-19(20)13-15;1-5-6-7-14-11-17(21)19-15-10-13(2)8-9-16(15)20(3,4)22-18(19)12-14;1-5-6-13-10-16(20)18-14-9-12(2)7-8-15(14)19(3,4)21-17(18)11-13;1-5-12-9-15(19)17-13-8-11(2)6-7-14(13)18(3,4)20-16(17)10-12;1-2-3-4-5-6-8-7;1-3-5-6-4-2;1-2-3-4-5-7-6;1-2-3-4-6-5;1-2-3-5-4/h11-13,16-17,22H,5-10H2,1-4H3;9-13,22H,5-8H2,1-4H3;8-12,21H,5-7H2,1-4H3;7-11,20H,5-6H2,1-4H3;6-10,19H,5H2,1-4H3;6H2,1H3;1-2H3;1H,5H2;4H2,1H3;1H,3H2/t16-,17+;;;;;;;;;/m1........./s1. The zero-order valence-electron chi connectivity index (χ0n) is 88.1. The van der Waals surface area contributed by atoms with Crippen LogP contribution in [0, 0.1) is 129 Å². The number of rotatable bonds is 18. The van der Waals surface area contributed by atoms with Crippen LogP contribution in [0.4, 0.5) is 0 Å². The molecule has 5 heterocycles. The fourth-order valence-corrected chi connectivity index (χ4v) is 17.7. The van der Waals surface area contributed by atoms with Crippen molar-refractivity contribution < 1.29 is 49.2 Å². The number of allylic oxidation sites excluding steroid dienone is 2. The molecule has 0 fully saturated rings. The topological polar surface area (TPSA) is 197 Å². The molecular formula is C123H144B4N4O10. The van der Waals surface area contributed by atoms with E-state index in [0.717, 1.165) is 194 Å². The molecular weight excluding hydrogens is 1740 g/mol. The number of aryl methyl sites for hydroxylation is 9. The molecule has 0 saturated heterocycles. The third-order valence-corrected chi connectivity index (χ3v) is 24.4. The summed E-state index contributed by atoms with van der Waals surface area (Å²) in [6.45, 7) is 50.8. The van der Waals surface area contributed by atoms with Gasteiger partial charge in [-0.25, -0.2) is 0 Å². The molecule has 9 aromatic rings. The summed E-state index contributed by atoms with van der Waals surface area (Å²) in [7, 11) is 18.9. The van der Waals surface area contributed by atoms with Gasteiger partial charge in [0.05, 0.1) is 22.3 Å². The molecule has 728 valence electrons. The van der Waals surface area contributed by atoms with E-state index in [9.17, 15) is 25.5 Å². The number of aromatic hydroxyl groups is 5. The van der Waals surface area contributed by atoms with Crippen molar-refractivity contribution in [3.63, 3.8) is 0 Å². The minimum atomic E-state index is -0.384. The molecule has 1 aliphatic carbocycles. The number of hydrogen-bond donors (Lipinski definition) is 5. The van der Waals surface area contributed by atoms with Crippen molar-refractivity contribution in [2.75, 3.05) is 26.2 Å². The summed E-state index contributed by atoms with van der Waals surface area (Å²) >= 11 is 0. The van der Waals surface area contributed by atoms with Crippen LogP contribution in [0.15, 0.2) is 165 Å². The number of unbranched alkanes of at least 4 members (excludes halogenated alkanes) is 5. The first-order valence-corrected chi connectivity index (χ1v) is 49.0. The van der Waals surface area contributed by atoms with E-state index in [1.807, 2.05) is 36.4 Å². The van der Waals surface area contributed by atoms with Gasteiger partial charge in [0.15, 0.2) is 0 Å². The molecule has 141 heavy (non-hydrogen) atoms. The number of phenolic OH excluding ortho intramolecular Hbond substituents is 5. The molecule has 14 nitrogen and oxygen atoms in total. The van der Waals surface area contributed by atoms with Crippen molar-refractivity contribution in [2.24, 2.45) is 25.5 Å². The SMILES string of the molecule is CC#CC#CC.CCCCCc1cc(O)c2c(c1)OC(C)(C)[C@H]1CCC(C)=C[C@@H]21.CCCCCc1cc(O)c2c(c1)OC(C)(C)c1ccc(C)cc1-2.CCCCc1cc(O)c2c(c1)OC(C)(C)c1ccc(C)cc1-2.CCCc1cc(O)c2c(c1)OC(C)(C)c1ccc(C)cc1-2.CCc1cc(O)c2c(c1)OC(C)(C)c1ccc(C)cc1-2.[B]=NCC#C.[B]=NCC#CC.[B]=NCC#CC#C.[B]=NCC#CC#CC. The number of ether oxygens (including phenoxy) is 5. The Morgan fingerprint density at radius 2 is 0.681 bits per heavy atom. The van der Waals surface area contributed by atoms with Gasteiger partial charge < -0.3 is 49.2 Å². The van der Waals surface area contributed by atoms with Crippen LogP contribution >= 0.6 is 0 Å². The van der Waals surface area contributed by atoms with Crippen LogP contribution in [-0.4, -0.2) is 87.9 Å². The Bertz CT molecular complexity index is 6390. The molecule has 0 amide bonds. The van der Waals surface area contributed by atoms with E-state index in [1.54, 1.807) is 27.7 Å². The molecule has 15 rings (SSSR count). The van der Waals surface area contributed by atoms with Gasteiger partial charge in [-0.1, -0.05) is 192 Å². The Morgan fingerprint density at radius 1 is 0.355 bits per heavy atom. The summed E-state index contributed by atoms with van der Waals surface area (Å²) in [4.78, 5) is 12.8. The van der Waals surface area contributed by atoms with Gasteiger partial charge in [0, 0.05) is 39.7 Å². The number of benzene rings is 9. The van der Waals surface area contributed by atoms with Crippen LogP contribution in [0.2, 0.25) is 0 Å². The molecule has 4 radical (unpaired) electrons. The summed E-state index contributed by atoms with van der Waals surface area (Å²) in [6.07, 6.45) is 29.4. The number of phenols is 5. The third-order valence-electron chi connectivity index (χ3n) is 24.4.